The van der Waals surface area contributed by atoms with Crippen LogP contribution < -0.4 is 5.73 Å². The first-order valence-corrected chi connectivity index (χ1v) is 5.34. The van der Waals surface area contributed by atoms with Crippen molar-refractivity contribution in [3.8, 4) is 0 Å². The van der Waals surface area contributed by atoms with E-state index in [4.69, 9.17) is 5.73 Å². The summed E-state index contributed by atoms with van der Waals surface area (Å²) in [6, 6.07) is 0. The summed E-state index contributed by atoms with van der Waals surface area (Å²) in [7, 11) is 2.08. The van der Waals surface area contributed by atoms with E-state index in [9.17, 15) is 0 Å². The van der Waals surface area contributed by atoms with Crippen molar-refractivity contribution in [2.24, 2.45) is 12.8 Å². The highest BCUT2D eigenvalue weighted by Crippen LogP contribution is 2.25. The summed E-state index contributed by atoms with van der Waals surface area (Å²) >= 11 is 0. The summed E-state index contributed by atoms with van der Waals surface area (Å²) in [5.74, 6) is 1.02. The number of nitrogens with zero attached hydrogens (tertiary/aromatic N) is 2. The summed E-state index contributed by atoms with van der Waals surface area (Å²) in [5, 5.41) is 0. The summed E-state index contributed by atoms with van der Waals surface area (Å²) < 4.78 is 2.19. The monoisotopic (exact) mass is 193 g/mol. The Labute approximate surface area is 85.3 Å². The number of hydrogen-bond acceptors (Lipinski definition) is 2. The molecule has 0 spiro atoms. The number of nitrogens with two attached hydrogens (primary N) is 1. The van der Waals surface area contributed by atoms with Gasteiger partial charge in [0.15, 0.2) is 0 Å². The molecule has 0 radical (unpaired) electrons. The van der Waals surface area contributed by atoms with Crippen molar-refractivity contribution in [1.82, 2.24) is 9.55 Å². The summed E-state index contributed by atoms with van der Waals surface area (Å²) in [6.45, 7) is 4.03. The maximum Gasteiger partial charge on any atom is 0.128 e. The SMILES string of the molecule is Cn1c(C(C)(C)N)nc2c1CCCC2. The van der Waals surface area contributed by atoms with Crippen LogP contribution in [-0.2, 0) is 25.4 Å². The van der Waals surface area contributed by atoms with Gasteiger partial charge in [-0.1, -0.05) is 0 Å². The summed E-state index contributed by atoms with van der Waals surface area (Å²) in [5.41, 5.74) is 8.42. The van der Waals surface area contributed by atoms with Gasteiger partial charge in [0.05, 0.1) is 11.2 Å². The topological polar surface area (TPSA) is 43.8 Å². The Kier molecular flexibility index (Phi) is 2.14. The molecule has 1 aromatic rings. The van der Waals surface area contributed by atoms with Crippen LogP contribution in [-0.4, -0.2) is 9.55 Å². The van der Waals surface area contributed by atoms with E-state index in [0.29, 0.717) is 0 Å². The van der Waals surface area contributed by atoms with E-state index >= 15 is 0 Å². The Bertz CT molecular complexity index is 344. The smallest absolute Gasteiger partial charge is 0.128 e. The van der Waals surface area contributed by atoms with Gasteiger partial charge in [-0.15, -0.1) is 0 Å². The Morgan fingerprint density at radius 3 is 2.50 bits per heavy atom. The molecule has 0 saturated heterocycles. The van der Waals surface area contributed by atoms with Gasteiger partial charge in [0.25, 0.3) is 0 Å². The van der Waals surface area contributed by atoms with Crippen molar-refractivity contribution < 1.29 is 0 Å². The molecule has 0 aliphatic heterocycles. The van der Waals surface area contributed by atoms with Gasteiger partial charge in [0.1, 0.15) is 5.82 Å². The highest BCUT2D eigenvalue weighted by atomic mass is 15.1. The van der Waals surface area contributed by atoms with Crippen molar-refractivity contribution in [3.63, 3.8) is 0 Å². The van der Waals surface area contributed by atoms with Gasteiger partial charge in [-0.2, -0.15) is 0 Å². The molecule has 0 saturated carbocycles. The average Bonchev–Trinajstić information content (AvgIpc) is 2.44. The Morgan fingerprint density at radius 1 is 1.29 bits per heavy atom. The fraction of sp³-hybridized carbons (Fsp3) is 0.727. The predicted molar refractivity (Wildman–Crippen MR) is 57.1 cm³/mol. The fourth-order valence-electron chi connectivity index (χ4n) is 2.26. The average molecular weight is 193 g/mol. The van der Waals surface area contributed by atoms with Crippen LogP contribution in [0.4, 0.5) is 0 Å². The van der Waals surface area contributed by atoms with E-state index in [1.807, 2.05) is 13.8 Å². The van der Waals surface area contributed by atoms with Crippen LogP contribution in [0.2, 0.25) is 0 Å². The zero-order valence-corrected chi connectivity index (χ0v) is 9.30. The van der Waals surface area contributed by atoms with Crippen LogP contribution in [0.3, 0.4) is 0 Å². The van der Waals surface area contributed by atoms with Crippen molar-refractivity contribution in [2.45, 2.75) is 45.1 Å². The molecule has 0 unspecified atom stereocenters. The summed E-state index contributed by atoms with van der Waals surface area (Å²) in [4.78, 5) is 4.66. The van der Waals surface area contributed by atoms with Crippen LogP contribution >= 0.6 is 0 Å². The molecule has 78 valence electrons. The second kappa shape index (κ2) is 3.09. The minimum Gasteiger partial charge on any atom is -0.333 e. The number of hydrogen-bond donors (Lipinski definition) is 1. The fourth-order valence-corrected chi connectivity index (χ4v) is 2.26. The van der Waals surface area contributed by atoms with Gasteiger partial charge in [-0.3, -0.25) is 0 Å². The van der Waals surface area contributed by atoms with Gasteiger partial charge in [0, 0.05) is 12.7 Å². The zero-order valence-electron chi connectivity index (χ0n) is 9.30. The highest BCUT2D eigenvalue weighted by Gasteiger charge is 2.25. The van der Waals surface area contributed by atoms with Gasteiger partial charge in [0.2, 0.25) is 0 Å². The van der Waals surface area contributed by atoms with Crippen LogP contribution in [0, 0.1) is 0 Å². The molecule has 0 amide bonds. The first-order chi connectivity index (χ1) is 6.50. The van der Waals surface area contributed by atoms with Gasteiger partial charge < -0.3 is 10.3 Å². The minimum absolute atomic E-state index is 0.327. The van der Waals surface area contributed by atoms with E-state index in [0.717, 1.165) is 18.7 Å². The third kappa shape index (κ3) is 1.46. The normalized spacial score (nSPS) is 16.9. The molecule has 2 N–H and O–H groups in total. The van der Waals surface area contributed by atoms with Crippen molar-refractivity contribution in [3.05, 3.63) is 17.2 Å². The van der Waals surface area contributed by atoms with Crippen molar-refractivity contribution >= 4 is 0 Å². The molecule has 1 aliphatic rings. The van der Waals surface area contributed by atoms with Crippen molar-refractivity contribution in [1.29, 1.82) is 0 Å². The Morgan fingerprint density at radius 2 is 1.93 bits per heavy atom. The maximum absolute atomic E-state index is 6.09. The quantitative estimate of drug-likeness (QED) is 0.734. The van der Waals surface area contributed by atoms with E-state index in [2.05, 4.69) is 16.6 Å². The molecule has 1 aromatic heterocycles. The minimum atomic E-state index is -0.327. The van der Waals surface area contributed by atoms with Gasteiger partial charge >= 0.3 is 0 Å². The Balaban J connectivity index is 2.49. The number of imidazole rings is 1. The Hall–Kier alpha value is -0.830. The third-order valence-corrected chi connectivity index (χ3v) is 2.95. The number of rotatable bonds is 1. The first kappa shape index (κ1) is 9.71. The molecule has 0 aromatic carbocycles. The highest BCUT2D eigenvalue weighted by molar-refractivity contribution is 5.22. The lowest BCUT2D eigenvalue weighted by Crippen LogP contribution is -2.32. The lowest BCUT2D eigenvalue weighted by atomic mass is 10.0. The number of fused-ring (bicyclic) bond motifs is 1. The van der Waals surface area contributed by atoms with E-state index in [1.54, 1.807) is 0 Å². The van der Waals surface area contributed by atoms with Gasteiger partial charge in [-0.05, 0) is 39.5 Å². The molecular formula is C11H19N3. The van der Waals surface area contributed by atoms with E-state index in [1.165, 1.54) is 24.2 Å². The maximum atomic E-state index is 6.09. The molecule has 1 heterocycles. The first-order valence-electron chi connectivity index (χ1n) is 5.34. The second-order valence-corrected chi connectivity index (χ2v) is 4.82. The predicted octanol–water partition coefficient (Wildman–Crippen LogP) is 1.49. The number of aromatic nitrogens is 2. The molecule has 0 atom stereocenters. The van der Waals surface area contributed by atoms with Crippen LogP contribution in [0.1, 0.15) is 43.9 Å². The zero-order chi connectivity index (χ0) is 10.3. The molecule has 3 heteroatoms. The van der Waals surface area contributed by atoms with E-state index in [-0.39, 0.29) is 5.54 Å². The largest absolute Gasteiger partial charge is 0.333 e. The summed E-state index contributed by atoms with van der Waals surface area (Å²) in [6.07, 6.45) is 4.85. The van der Waals surface area contributed by atoms with Crippen LogP contribution in [0.25, 0.3) is 0 Å². The van der Waals surface area contributed by atoms with Crippen LogP contribution in [0.5, 0.6) is 0 Å². The third-order valence-electron chi connectivity index (χ3n) is 2.95. The lowest BCUT2D eigenvalue weighted by Gasteiger charge is -2.18. The van der Waals surface area contributed by atoms with E-state index < -0.39 is 0 Å². The molecular weight excluding hydrogens is 174 g/mol. The molecule has 0 fully saturated rings. The molecule has 2 rings (SSSR count). The standard InChI is InChI=1S/C11H19N3/c1-11(2,12)10-13-8-6-4-5-7-9(8)14(10)3/h4-7,12H2,1-3H3. The second-order valence-electron chi connectivity index (χ2n) is 4.82. The molecule has 14 heavy (non-hydrogen) atoms. The molecule has 1 aliphatic carbocycles. The van der Waals surface area contributed by atoms with Gasteiger partial charge in [-0.25, -0.2) is 4.98 Å². The van der Waals surface area contributed by atoms with Crippen molar-refractivity contribution in [2.75, 3.05) is 0 Å². The number of aryl methyl sites for hydroxylation is 1. The lowest BCUT2D eigenvalue weighted by molar-refractivity contribution is 0.490. The molecule has 3 nitrogen and oxygen atoms in total. The molecule has 0 bridgehead atoms. The van der Waals surface area contributed by atoms with Crippen LogP contribution in [0.15, 0.2) is 0 Å².